The third-order valence-electron chi connectivity index (χ3n) is 5.29. The van der Waals surface area contributed by atoms with Gasteiger partial charge in [-0.05, 0) is 78.1 Å². The van der Waals surface area contributed by atoms with Crippen molar-refractivity contribution in [3.8, 4) is 0 Å². The first-order valence-corrected chi connectivity index (χ1v) is 14.6. The summed E-state index contributed by atoms with van der Waals surface area (Å²) in [6, 6.07) is 15.9. The molecule has 0 bridgehead atoms. The van der Waals surface area contributed by atoms with Crippen LogP contribution >= 0.6 is 23.1 Å². The summed E-state index contributed by atoms with van der Waals surface area (Å²) in [7, 11) is -1.60. The van der Waals surface area contributed by atoms with Gasteiger partial charge in [-0.2, -0.15) is 0 Å². The monoisotopic (exact) mass is 550 g/mol. The Morgan fingerprint density at radius 2 is 1.57 bits per heavy atom. The van der Waals surface area contributed by atoms with Gasteiger partial charge in [0.05, 0.1) is 36.9 Å². The highest BCUT2D eigenvalue weighted by Gasteiger charge is 2.20. The van der Waals surface area contributed by atoms with E-state index < -0.39 is 19.7 Å². The first-order valence-electron chi connectivity index (χ1n) is 10.2. The van der Waals surface area contributed by atoms with Crippen molar-refractivity contribution in [1.29, 1.82) is 0 Å². The van der Waals surface area contributed by atoms with Crippen LogP contribution in [0.25, 0.3) is 10.9 Å². The average molecular weight is 551 g/mol. The van der Waals surface area contributed by atoms with Gasteiger partial charge in [-0.3, -0.25) is 13.5 Å². The lowest BCUT2D eigenvalue weighted by Gasteiger charge is -2.19. The smallest absolute Gasteiger partial charge is 0.261 e. The van der Waals surface area contributed by atoms with Crippen LogP contribution < -0.4 is 19.1 Å². The predicted octanol–water partition coefficient (Wildman–Crippen LogP) is 4.22. The zero-order valence-electron chi connectivity index (χ0n) is 19.1. The van der Waals surface area contributed by atoms with Crippen LogP contribution in [-0.4, -0.2) is 36.5 Å². The Morgan fingerprint density at radius 3 is 2.23 bits per heavy atom. The number of sulfonamides is 1. The minimum atomic E-state index is -4.10. The van der Waals surface area contributed by atoms with E-state index in [0.717, 1.165) is 17.2 Å². The highest BCUT2D eigenvalue weighted by atomic mass is 35.5. The Balaban J connectivity index is 1.68. The number of hydrogen-bond donors (Lipinski definition) is 2. The zero-order chi connectivity index (χ0) is 25.5. The van der Waals surface area contributed by atoms with Crippen LogP contribution in [0.2, 0.25) is 5.02 Å². The van der Waals surface area contributed by atoms with E-state index in [2.05, 4.69) is 15.3 Å². The molecule has 4 rings (SSSR count). The van der Waals surface area contributed by atoms with Gasteiger partial charge in [0.2, 0.25) is 0 Å². The van der Waals surface area contributed by atoms with Crippen molar-refractivity contribution in [3.05, 3.63) is 75.2 Å². The maximum Gasteiger partial charge on any atom is 0.261 e. The van der Waals surface area contributed by atoms with Crippen LogP contribution in [0, 0.1) is 0 Å². The molecule has 0 spiro atoms. The lowest BCUT2D eigenvalue weighted by Crippen LogP contribution is -2.18. The first kappa shape index (κ1) is 25.1. The summed E-state index contributed by atoms with van der Waals surface area (Å²) in [5, 5.41) is 0.591. The maximum atomic E-state index is 13.4. The van der Waals surface area contributed by atoms with Crippen molar-refractivity contribution in [1.82, 2.24) is 3.96 Å². The Labute approximate surface area is 213 Å². The fraction of sp³-hybridized carbons (Fsp3) is 0.130. The van der Waals surface area contributed by atoms with Crippen LogP contribution in [0.4, 0.5) is 17.1 Å². The number of anilines is 3. The van der Waals surface area contributed by atoms with E-state index in [-0.39, 0.29) is 26.0 Å². The molecule has 3 aromatic carbocycles. The molecule has 0 aliphatic carbocycles. The summed E-state index contributed by atoms with van der Waals surface area (Å²) in [5.41, 5.74) is 1.90. The molecule has 184 valence electrons. The number of aryl methyl sites for hydroxylation is 1. The molecular formula is C23H23ClN4O4S3. The molecular weight excluding hydrogens is 528 g/mol. The van der Waals surface area contributed by atoms with Gasteiger partial charge in [0.25, 0.3) is 14.8 Å². The van der Waals surface area contributed by atoms with Gasteiger partial charge >= 0.3 is 0 Å². The van der Waals surface area contributed by atoms with E-state index >= 15 is 0 Å². The highest BCUT2D eigenvalue weighted by molar-refractivity contribution is 8.01. The molecule has 35 heavy (non-hydrogen) atoms. The van der Waals surface area contributed by atoms with Gasteiger partial charge < -0.3 is 9.62 Å². The second-order valence-corrected chi connectivity index (χ2v) is 13.3. The number of halogens is 1. The zero-order valence-corrected chi connectivity index (χ0v) is 22.3. The quantitative estimate of drug-likeness (QED) is 0.336. The third-order valence-corrected chi connectivity index (χ3v) is 9.33. The molecule has 12 heteroatoms. The number of nitrogens with one attached hydrogen (secondary N) is 2. The van der Waals surface area contributed by atoms with Gasteiger partial charge in [0.1, 0.15) is 0 Å². The van der Waals surface area contributed by atoms with Gasteiger partial charge in [-0.25, -0.2) is 12.6 Å². The number of fused-ring (bicyclic) bond motifs is 1. The molecule has 0 saturated carbocycles. The molecule has 4 aromatic rings. The van der Waals surface area contributed by atoms with E-state index in [4.69, 9.17) is 11.6 Å². The van der Waals surface area contributed by atoms with E-state index in [1.54, 1.807) is 35.3 Å². The van der Waals surface area contributed by atoms with E-state index in [1.807, 2.05) is 31.1 Å². The second-order valence-electron chi connectivity index (χ2n) is 8.02. The van der Waals surface area contributed by atoms with Gasteiger partial charge in [-0.1, -0.05) is 11.6 Å². The number of nitrogens with zero attached hydrogens (tertiary/aromatic N) is 2. The Bertz CT molecular complexity index is 1690. The van der Waals surface area contributed by atoms with Gasteiger partial charge in [0.15, 0.2) is 0 Å². The molecule has 1 unspecified atom stereocenters. The molecule has 0 fully saturated rings. The number of benzene rings is 3. The summed E-state index contributed by atoms with van der Waals surface area (Å²) in [5.74, 6) is 3.83. The number of hydrogen-bond acceptors (Lipinski definition) is 6. The lowest BCUT2D eigenvalue weighted by molar-refractivity contribution is 0.601. The maximum absolute atomic E-state index is 13.4. The molecule has 8 nitrogen and oxygen atoms in total. The number of aromatic nitrogens is 1. The van der Waals surface area contributed by atoms with Crippen LogP contribution in [0.1, 0.15) is 0 Å². The van der Waals surface area contributed by atoms with E-state index in [1.165, 1.54) is 24.3 Å². The molecule has 0 radical (unpaired) electrons. The topological polar surface area (TPSA) is 101 Å². The summed E-state index contributed by atoms with van der Waals surface area (Å²) in [6.45, 7) is 0. The van der Waals surface area contributed by atoms with E-state index in [9.17, 15) is 17.4 Å². The van der Waals surface area contributed by atoms with Crippen LogP contribution in [0.15, 0.2) is 75.2 Å². The SMILES string of the molecule is C=S(=O)(Nc1ccc(Cl)cc1NS(=O)(=O)c1ccc2c(c1)c(=O)sn2C)c1ccc(N(C)C)cc1. The summed E-state index contributed by atoms with van der Waals surface area (Å²) < 4.78 is 46.6. The van der Waals surface area contributed by atoms with E-state index in [0.29, 0.717) is 15.8 Å². The van der Waals surface area contributed by atoms with Crippen LogP contribution in [0.5, 0.6) is 0 Å². The molecule has 2 N–H and O–H groups in total. The van der Waals surface area contributed by atoms with Crippen molar-refractivity contribution in [3.63, 3.8) is 0 Å². The minimum absolute atomic E-state index is 0.0824. The number of rotatable bonds is 7. The molecule has 1 atom stereocenters. The lowest BCUT2D eigenvalue weighted by atomic mass is 10.2. The van der Waals surface area contributed by atoms with Crippen LogP contribution in [-0.2, 0) is 26.8 Å². The van der Waals surface area contributed by atoms with Crippen molar-refractivity contribution < 1.29 is 12.6 Å². The second kappa shape index (κ2) is 9.23. The molecule has 1 heterocycles. The largest absolute Gasteiger partial charge is 0.378 e. The minimum Gasteiger partial charge on any atom is -0.378 e. The Kier molecular flexibility index (Phi) is 6.62. The predicted molar refractivity (Wildman–Crippen MR) is 147 cm³/mol. The van der Waals surface area contributed by atoms with Gasteiger partial charge in [-0.15, -0.1) is 0 Å². The molecule has 1 aromatic heterocycles. The third kappa shape index (κ3) is 5.18. The molecule has 0 saturated heterocycles. The Hall–Kier alpha value is -2.99. The van der Waals surface area contributed by atoms with Gasteiger partial charge in [0, 0.05) is 36.7 Å². The standard InChI is InChI=1S/C23H23ClN4O4S3/c1-27(2)16-6-8-17(9-7-16)34(4,30)25-20-11-5-15(24)13-21(20)26-35(31,32)18-10-12-22-19(14-18)23(29)33-28(22)3/h5-14,26H,4H2,1-3H3,(H,25,30). The van der Waals surface area contributed by atoms with Crippen molar-refractivity contribution in [2.24, 2.45) is 7.05 Å². The van der Waals surface area contributed by atoms with Crippen LogP contribution in [0.3, 0.4) is 0 Å². The van der Waals surface area contributed by atoms with Crippen molar-refractivity contribution in [2.45, 2.75) is 9.79 Å². The normalized spacial score (nSPS) is 13.4. The molecule has 0 aliphatic heterocycles. The molecule has 0 amide bonds. The Morgan fingerprint density at radius 1 is 0.914 bits per heavy atom. The van der Waals surface area contributed by atoms with Crippen molar-refractivity contribution in [2.75, 3.05) is 28.4 Å². The summed E-state index contributed by atoms with van der Waals surface area (Å²) >= 11 is 7.13. The highest BCUT2D eigenvalue weighted by Crippen LogP contribution is 2.31. The summed E-state index contributed by atoms with van der Waals surface area (Å²) in [6.07, 6.45) is 0. The molecule has 0 aliphatic rings. The summed E-state index contributed by atoms with van der Waals surface area (Å²) in [4.78, 5) is 14.5. The average Bonchev–Trinajstić information content (AvgIpc) is 3.08. The first-order chi connectivity index (χ1) is 16.4. The fourth-order valence-electron chi connectivity index (χ4n) is 3.44. The van der Waals surface area contributed by atoms with Crippen molar-refractivity contribution >= 4 is 76.7 Å². The fourth-order valence-corrected chi connectivity index (χ4v) is 6.70.